The van der Waals surface area contributed by atoms with Crippen LogP contribution < -0.4 is 0 Å². The highest BCUT2D eigenvalue weighted by Crippen LogP contribution is 1.41. The Labute approximate surface area is 26.9 Å². The third-order valence-corrected chi connectivity index (χ3v) is 0. The predicted octanol–water partition coefficient (Wildman–Crippen LogP) is -0.167. The highest BCUT2D eigenvalue weighted by atomic mass is 28.1. The van der Waals surface area contributed by atoms with Crippen molar-refractivity contribution < 1.29 is 9.90 Å². The van der Waals surface area contributed by atoms with E-state index in [1.165, 1.54) is 0 Å². The molecule has 0 aromatic rings. The van der Waals surface area contributed by atoms with Crippen molar-refractivity contribution in [1.29, 1.82) is 0 Å². The van der Waals surface area contributed by atoms with Gasteiger partial charge in [-0.15, -0.1) is 0 Å². The molecule has 4 heavy (non-hydrogen) atoms. The van der Waals surface area contributed by atoms with E-state index in [2.05, 4.69) is 10.2 Å². The van der Waals surface area contributed by atoms with Gasteiger partial charge in [-0.3, -0.25) is 4.79 Å². The molecule has 0 saturated heterocycles. The summed E-state index contributed by atoms with van der Waals surface area (Å²) in [6.45, 7) is 0. The van der Waals surface area contributed by atoms with Gasteiger partial charge in [-0.25, -0.2) is 0 Å². The molecule has 21 valence electrons. The summed E-state index contributed by atoms with van der Waals surface area (Å²) in [4.78, 5) is 8.91. The molecule has 3 heteroatoms. The van der Waals surface area contributed by atoms with Crippen molar-refractivity contribution >= 4 is 15.8 Å². The normalized spacial score (nSPS) is 6.25. The third kappa shape index (κ3) is 8.12. The van der Waals surface area contributed by atoms with Crippen LogP contribution in [0.4, 0.5) is 4.79 Å². The van der Waals surface area contributed by atoms with Gasteiger partial charge in [0.15, 0.2) is 10.2 Å². The predicted molar refractivity (Wildman–Crippen MR) is 13.8 cm³/mol. The first-order valence-electron chi connectivity index (χ1n) is 0.678. The fourth-order valence-electron chi connectivity index (χ4n) is 0. The monoisotopic (exact) mass is 73.0 g/mol. The van der Waals surface area contributed by atoms with Crippen molar-refractivity contribution in [2.24, 2.45) is 0 Å². The molecule has 0 amide bonds. The van der Waals surface area contributed by atoms with E-state index in [1.54, 1.807) is 0 Å². The molecule has 0 heterocycles. The van der Waals surface area contributed by atoms with E-state index in [0.717, 1.165) is 0 Å². The van der Waals surface area contributed by atoms with Gasteiger partial charge >= 0.3 is 0 Å². The first-order valence-corrected chi connectivity index (χ1v) is 1.18. The summed E-state index contributed by atoms with van der Waals surface area (Å²) in [5.41, 5.74) is -1.03. The summed E-state index contributed by atoms with van der Waals surface area (Å²) in [5.74, 6) is 0. The Balaban J connectivity index is 2.80. The van der Waals surface area contributed by atoms with Crippen LogP contribution in [0, 0.1) is 0 Å². The number of carboxylic acid groups (broad SMARTS) is 1. The Morgan fingerprint density at radius 1 is 2.00 bits per heavy atom. The Kier molecular flexibility index (Phi) is 0.976. The highest BCUT2D eigenvalue weighted by molar-refractivity contribution is 6.54. The molecule has 0 aromatic carbocycles. The van der Waals surface area contributed by atoms with Crippen LogP contribution in [0.3, 0.4) is 0 Å². The molecule has 0 saturated carbocycles. The van der Waals surface area contributed by atoms with Gasteiger partial charge in [-0.1, -0.05) is 0 Å². The fourth-order valence-corrected chi connectivity index (χ4v) is 0. The van der Waals surface area contributed by atoms with Crippen LogP contribution in [0.25, 0.3) is 0 Å². The lowest BCUT2D eigenvalue weighted by molar-refractivity contribution is 0.220. The standard InChI is InChI=1S/CHO2Si/c2-1(3)4/h(H,2,3). The summed E-state index contributed by atoms with van der Waals surface area (Å²) in [5, 5.41) is 7.33. The lowest BCUT2D eigenvalue weighted by Gasteiger charge is -1.59. The second-order valence-electron chi connectivity index (χ2n) is 0.305. The molecule has 0 aliphatic heterocycles. The second kappa shape index (κ2) is 1.06. The summed E-state index contributed by atoms with van der Waals surface area (Å²) in [6, 6.07) is 0. The zero-order valence-corrected chi connectivity index (χ0v) is 2.86. The van der Waals surface area contributed by atoms with Gasteiger partial charge in [-0.05, 0) is 0 Å². The van der Waals surface area contributed by atoms with Crippen molar-refractivity contribution in [2.75, 3.05) is 0 Å². The SMILES string of the molecule is O=C(O)[Si]. The number of hydrogen-bond acceptors (Lipinski definition) is 1. The van der Waals surface area contributed by atoms with E-state index >= 15 is 0 Å². The molecule has 0 aliphatic carbocycles. The zero-order valence-electron chi connectivity index (χ0n) is 1.86. The average Bonchev–Trinajstić information content (AvgIpc) is 0.811. The quantitative estimate of drug-likeness (QED) is 0.404. The van der Waals surface area contributed by atoms with Crippen molar-refractivity contribution in [3.05, 3.63) is 0 Å². The van der Waals surface area contributed by atoms with E-state index in [1.807, 2.05) is 0 Å². The molecule has 1 N–H and O–H groups in total. The molecule has 2 nitrogen and oxygen atoms in total. The molecular weight excluding hydrogens is 72.1 g/mol. The molecule has 0 aromatic heterocycles. The Morgan fingerprint density at radius 2 is 2.00 bits per heavy atom. The smallest absolute Gasteiger partial charge is 0.262 e. The summed E-state index contributed by atoms with van der Waals surface area (Å²) in [7, 11) is 2.23. The van der Waals surface area contributed by atoms with Crippen molar-refractivity contribution in [3.63, 3.8) is 0 Å². The van der Waals surface area contributed by atoms with Crippen LogP contribution in [0.2, 0.25) is 0 Å². The van der Waals surface area contributed by atoms with E-state index in [-0.39, 0.29) is 0 Å². The molecule has 0 unspecified atom stereocenters. The molecule has 0 bridgehead atoms. The molecule has 0 fully saturated rings. The van der Waals surface area contributed by atoms with Crippen LogP contribution in [0.1, 0.15) is 0 Å². The maximum Gasteiger partial charge on any atom is 0.262 e. The van der Waals surface area contributed by atoms with Crippen LogP contribution in [-0.4, -0.2) is 20.9 Å². The summed E-state index contributed by atoms with van der Waals surface area (Å²) >= 11 is 0. The topological polar surface area (TPSA) is 37.3 Å². The van der Waals surface area contributed by atoms with Crippen LogP contribution in [-0.2, 0) is 0 Å². The minimum atomic E-state index is -1.03. The summed E-state index contributed by atoms with van der Waals surface area (Å²) < 4.78 is 0. The minimum Gasteiger partial charge on any atom is -0.486 e. The van der Waals surface area contributed by atoms with Crippen LogP contribution >= 0.6 is 0 Å². The minimum absolute atomic E-state index is 1.03. The Hall–Kier alpha value is -0.313. The first kappa shape index (κ1) is 3.69. The van der Waals surface area contributed by atoms with Gasteiger partial charge in [0.25, 0.3) is 5.59 Å². The lowest BCUT2D eigenvalue weighted by atomic mass is 11.6. The van der Waals surface area contributed by atoms with Crippen molar-refractivity contribution in [3.8, 4) is 0 Å². The van der Waals surface area contributed by atoms with Crippen molar-refractivity contribution in [2.45, 2.75) is 0 Å². The summed E-state index contributed by atoms with van der Waals surface area (Å²) in [6.07, 6.45) is 0. The van der Waals surface area contributed by atoms with E-state index in [9.17, 15) is 0 Å². The molecule has 0 atom stereocenters. The zero-order chi connectivity index (χ0) is 3.58. The molecule has 0 spiro atoms. The van der Waals surface area contributed by atoms with E-state index in [4.69, 9.17) is 9.90 Å². The molecule has 0 rings (SSSR count). The van der Waals surface area contributed by atoms with Gasteiger partial charge in [0.2, 0.25) is 0 Å². The average molecular weight is 73.1 g/mol. The second-order valence-corrected chi connectivity index (χ2v) is 0.733. The molecular formula is CHO2Si. The van der Waals surface area contributed by atoms with E-state index in [0.29, 0.717) is 0 Å². The van der Waals surface area contributed by atoms with Crippen molar-refractivity contribution in [1.82, 2.24) is 0 Å². The van der Waals surface area contributed by atoms with Gasteiger partial charge in [-0.2, -0.15) is 0 Å². The molecule has 0 aliphatic rings. The maximum atomic E-state index is 8.91. The number of hydrogen-bond donors (Lipinski definition) is 1. The van der Waals surface area contributed by atoms with Crippen LogP contribution in [0.15, 0.2) is 0 Å². The highest BCUT2D eigenvalue weighted by Gasteiger charge is 1.67. The lowest BCUT2D eigenvalue weighted by Crippen LogP contribution is -1.83. The van der Waals surface area contributed by atoms with Crippen LogP contribution in [0.5, 0.6) is 0 Å². The Morgan fingerprint density at radius 3 is 2.00 bits per heavy atom. The van der Waals surface area contributed by atoms with Gasteiger partial charge < -0.3 is 5.11 Å². The van der Waals surface area contributed by atoms with Gasteiger partial charge in [0, 0.05) is 0 Å². The number of rotatable bonds is 0. The molecule has 3 radical (unpaired) electrons. The first-order chi connectivity index (χ1) is 1.73. The Bertz CT molecular complexity index is 29.0. The van der Waals surface area contributed by atoms with Gasteiger partial charge in [0.1, 0.15) is 0 Å². The largest absolute Gasteiger partial charge is 0.486 e. The van der Waals surface area contributed by atoms with Gasteiger partial charge in [0.05, 0.1) is 0 Å². The number of carbonyl (C=O) groups is 1. The van der Waals surface area contributed by atoms with E-state index < -0.39 is 5.59 Å². The fraction of sp³-hybridized carbons (Fsp3) is 0. The third-order valence-electron chi connectivity index (χ3n) is 0. The maximum absolute atomic E-state index is 8.91.